The van der Waals surface area contributed by atoms with Gasteiger partial charge in [-0.25, -0.2) is 4.79 Å². The molecule has 78 heavy (non-hydrogen) atoms. The van der Waals surface area contributed by atoms with E-state index in [0.29, 0.717) is 5.56 Å². The Morgan fingerprint density at radius 1 is 0.692 bits per heavy atom. The van der Waals surface area contributed by atoms with Crippen LogP contribution < -0.4 is 70.0 Å². The molecule has 11 amide bonds. The molecule has 30 nitrogen and oxygen atoms in total. The molecule has 1 aromatic rings. The van der Waals surface area contributed by atoms with Crippen LogP contribution in [0.15, 0.2) is 30.3 Å². The van der Waals surface area contributed by atoms with Crippen molar-refractivity contribution in [2.75, 3.05) is 26.2 Å². The van der Waals surface area contributed by atoms with Crippen molar-refractivity contribution in [2.24, 2.45) is 29.2 Å². The molecule has 1 saturated heterocycles. The Kier molecular flexibility index (Phi) is 27.9. The number of hydrogen-bond acceptors (Lipinski definition) is 17. The minimum Gasteiger partial charge on any atom is -0.445 e. The normalized spacial score (nSPS) is 24.8. The topological polar surface area (TPSA) is 486 Å². The van der Waals surface area contributed by atoms with Crippen LogP contribution in [0, 0.1) is 23.2 Å². The molecule has 30 heteroatoms. The number of hydrogen-bond donors (Lipinski definition) is 18. The number of primary amides is 1. The van der Waals surface area contributed by atoms with Crippen molar-refractivity contribution in [3.8, 4) is 0 Å². The number of carbonyl (C=O) groups is 11. The summed E-state index contributed by atoms with van der Waals surface area (Å²) in [5.41, 5.74) is 11.2. The number of carbonyl (C=O) groups excluding carboxylic acids is 11. The molecule has 20 N–H and O–H groups in total. The van der Waals surface area contributed by atoms with Crippen molar-refractivity contribution in [3.63, 3.8) is 0 Å². The van der Waals surface area contributed by atoms with Crippen LogP contribution in [-0.2, 0) is 59.3 Å². The van der Waals surface area contributed by atoms with Crippen LogP contribution in [0.25, 0.3) is 0 Å². The number of aliphatic hydroxyl groups excluding tert-OH is 4. The highest BCUT2D eigenvalue weighted by Gasteiger charge is 2.40. The Labute approximate surface area is 450 Å². The van der Waals surface area contributed by atoms with Crippen molar-refractivity contribution in [3.05, 3.63) is 35.9 Å². The predicted octanol–water partition coefficient (Wildman–Crippen LogP) is -6.49. The SMILES string of the molecule is CC[C@H](C)[C@@H]1NC(=O)[C@@H](CCCNC(=N)N)NC(=O)[C@H](CC(C)C)NC(=O)[C@H]([C@H](O)C(C)C)NC(=O)[C@@H](NC(=O)OCc2ccccc2)CNC(=O)[C@H](CO)NC(=O)[C@H]([C@H](O)C(N)=O)NC(=O)CNC(=O)[C@H]([C@H](C)O)NC1=O. The average Bonchev–Trinajstić information content (AvgIpc) is 3.38. The van der Waals surface area contributed by atoms with Crippen LogP contribution >= 0.6 is 0 Å². The van der Waals surface area contributed by atoms with Gasteiger partial charge >= 0.3 is 6.09 Å². The van der Waals surface area contributed by atoms with Gasteiger partial charge in [-0.3, -0.25) is 53.4 Å². The van der Waals surface area contributed by atoms with Crippen molar-refractivity contribution >= 4 is 71.1 Å². The second-order valence-corrected chi connectivity index (χ2v) is 19.4. The number of ether oxygens (including phenoxy) is 1. The van der Waals surface area contributed by atoms with Crippen LogP contribution in [0.1, 0.15) is 79.7 Å². The summed E-state index contributed by atoms with van der Waals surface area (Å²) in [6, 6.07) is -6.02. The van der Waals surface area contributed by atoms with Crippen LogP contribution in [0.4, 0.5) is 4.79 Å². The van der Waals surface area contributed by atoms with Crippen LogP contribution in [-0.4, -0.2) is 184 Å². The number of aliphatic hydroxyl groups is 4. The van der Waals surface area contributed by atoms with E-state index >= 15 is 0 Å². The third kappa shape index (κ3) is 22.1. The first-order valence-corrected chi connectivity index (χ1v) is 25.3. The zero-order chi connectivity index (χ0) is 59.0. The fraction of sp³-hybridized carbons (Fsp3) is 0.625. The average molecular weight is 1110 g/mol. The smallest absolute Gasteiger partial charge is 0.408 e. The van der Waals surface area contributed by atoms with E-state index in [9.17, 15) is 73.2 Å². The van der Waals surface area contributed by atoms with Gasteiger partial charge in [0.15, 0.2) is 12.1 Å². The van der Waals surface area contributed by atoms with E-state index in [1.807, 2.05) is 10.6 Å². The molecule has 0 bridgehead atoms. The second-order valence-electron chi connectivity index (χ2n) is 19.4. The number of guanidine groups is 1. The fourth-order valence-corrected chi connectivity index (χ4v) is 7.44. The highest BCUT2D eigenvalue weighted by atomic mass is 16.5. The summed E-state index contributed by atoms with van der Waals surface area (Å²) in [7, 11) is 0. The lowest BCUT2D eigenvalue weighted by Crippen LogP contribution is -2.64. The Hall–Kier alpha value is -7.70. The van der Waals surface area contributed by atoms with Gasteiger partial charge < -0.3 is 95.1 Å². The molecule has 0 aliphatic carbocycles. The van der Waals surface area contributed by atoms with E-state index in [2.05, 4.69) is 47.9 Å². The molecule has 1 aliphatic heterocycles. The van der Waals surface area contributed by atoms with Gasteiger partial charge in [0.2, 0.25) is 59.1 Å². The van der Waals surface area contributed by atoms with Crippen molar-refractivity contribution in [2.45, 2.75) is 147 Å². The molecule has 0 spiro atoms. The number of alkyl carbamates (subject to hydrolysis) is 1. The highest BCUT2D eigenvalue weighted by molar-refractivity contribution is 5.99. The van der Waals surface area contributed by atoms with E-state index in [4.69, 9.17) is 21.6 Å². The van der Waals surface area contributed by atoms with E-state index in [1.54, 1.807) is 58.0 Å². The summed E-state index contributed by atoms with van der Waals surface area (Å²) in [4.78, 5) is 150. The predicted molar refractivity (Wildman–Crippen MR) is 276 cm³/mol. The Bertz CT molecular complexity index is 2260. The van der Waals surface area contributed by atoms with Crippen LogP contribution in [0.2, 0.25) is 0 Å². The van der Waals surface area contributed by atoms with Gasteiger partial charge in [0, 0.05) is 13.1 Å². The first kappa shape index (κ1) is 66.4. The Morgan fingerprint density at radius 2 is 1.26 bits per heavy atom. The van der Waals surface area contributed by atoms with Crippen molar-refractivity contribution in [1.29, 1.82) is 5.41 Å². The van der Waals surface area contributed by atoms with Crippen LogP contribution in [0.5, 0.6) is 0 Å². The van der Waals surface area contributed by atoms with Crippen molar-refractivity contribution < 1.29 is 77.9 Å². The lowest BCUT2D eigenvalue weighted by atomic mass is 9.96. The lowest BCUT2D eigenvalue weighted by Gasteiger charge is -2.31. The molecule has 0 aromatic heterocycles. The van der Waals surface area contributed by atoms with E-state index < -0.39 is 169 Å². The molecule has 0 unspecified atom stereocenters. The minimum absolute atomic E-state index is 0.0416. The molecule has 2 rings (SSSR count). The Morgan fingerprint density at radius 3 is 1.82 bits per heavy atom. The van der Waals surface area contributed by atoms with Gasteiger partial charge in [-0.1, -0.05) is 78.3 Å². The van der Waals surface area contributed by atoms with Gasteiger partial charge in [0.05, 0.1) is 25.4 Å². The maximum absolute atomic E-state index is 14.3. The first-order chi connectivity index (χ1) is 36.6. The fourth-order valence-electron chi connectivity index (χ4n) is 7.44. The van der Waals surface area contributed by atoms with Gasteiger partial charge in [-0.2, -0.15) is 0 Å². The van der Waals surface area contributed by atoms with Crippen LogP contribution in [0.3, 0.4) is 0 Å². The third-order valence-electron chi connectivity index (χ3n) is 12.2. The molecule has 0 radical (unpaired) electrons. The monoisotopic (exact) mass is 1110 g/mol. The minimum atomic E-state index is -2.50. The number of rotatable bonds is 17. The van der Waals surface area contributed by atoms with E-state index in [1.165, 1.54) is 13.8 Å². The first-order valence-electron chi connectivity index (χ1n) is 25.3. The summed E-state index contributed by atoms with van der Waals surface area (Å²) in [5.74, 6) is -14.2. The number of benzene rings is 1. The third-order valence-corrected chi connectivity index (χ3v) is 12.2. The van der Waals surface area contributed by atoms with E-state index in [-0.39, 0.29) is 44.8 Å². The molecular formula is C48H78N14O16. The van der Waals surface area contributed by atoms with Gasteiger partial charge in [0.25, 0.3) is 0 Å². The maximum Gasteiger partial charge on any atom is 0.408 e. The number of nitrogens with two attached hydrogens (primary N) is 2. The standard InChI is InChI=1S/C48H78N14O16/c1-8-24(6)32-44(74)61-33(25(7)64)43(73)54-19-31(65)59-35(37(67)38(49)68)46(76)57-30(20-63)39(69)53-18-29(58-48(77)78-21-26-13-10-9-11-14-26)42(72)62-34(36(66)23(4)5)45(75)56-28(17-22(2)3)41(71)55-27(40(70)60-32)15-12-16-52-47(50)51/h9-11,13-14,22-25,27-30,32-37,63-64,66-67H,8,12,15-21H2,1-7H3,(H2,49,68)(H,53,69)(H,54,73)(H,55,71)(H,56,75)(H,57,76)(H,58,77)(H,59,65)(H,60,70)(H,61,74)(H,62,72)(H4,50,51,52)/t24-,25-,27+,28-,29-,30-,32-,33-,34-,35-,36+,37-/m0/s1. The quantitative estimate of drug-likeness (QED) is 0.0392. The molecule has 436 valence electrons. The molecule has 0 saturated carbocycles. The van der Waals surface area contributed by atoms with Gasteiger partial charge in [-0.15, -0.1) is 0 Å². The zero-order valence-electron chi connectivity index (χ0n) is 44.7. The van der Waals surface area contributed by atoms with Gasteiger partial charge in [0.1, 0.15) is 54.9 Å². The number of amides is 11. The number of nitrogens with one attached hydrogen (secondary N) is 12. The highest BCUT2D eigenvalue weighted by Crippen LogP contribution is 2.14. The van der Waals surface area contributed by atoms with Gasteiger partial charge in [-0.05, 0) is 49.5 Å². The molecule has 1 aromatic carbocycles. The van der Waals surface area contributed by atoms with Crippen molar-refractivity contribution in [1.82, 2.24) is 58.5 Å². The largest absolute Gasteiger partial charge is 0.445 e. The zero-order valence-corrected chi connectivity index (χ0v) is 44.7. The molecule has 1 heterocycles. The second kappa shape index (κ2) is 32.8. The summed E-state index contributed by atoms with van der Waals surface area (Å²) in [5, 5.41) is 76.0. The summed E-state index contributed by atoms with van der Waals surface area (Å²) < 4.78 is 5.27. The molecule has 1 aliphatic rings. The molecular weight excluding hydrogens is 1030 g/mol. The Balaban J connectivity index is 2.82. The molecule has 1 fully saturated rings. The molecule has 12 atom stereocenters. The summed E-state index contributed by atoms with van der Waals surface area (Å²) in [6.07, 6.45) is -7.00. The lowest BCUT2D eigenvalue weighted by molar-refractivity contribution is -0.140. The summed E-state index contributed by atoms with van der Waals surface area (Å²) in [6.45, 7) is 7.38. The van der Waals surface area contributed by atoms with E-state index in [0.717, 1.165) is 6.92 Å². The maximum atomic E-state index is 14.3. The summed E-state index contributed by atoms with van der Waals surface area (Å²) >= 11 is 0.